The molecular formula is C28H31N5O2. The molecule has 0 aliphatic carbocycles. The van der Waals surface area contributed by atoms with E-state index in [-0.39, 0.29) is 18.1 Å². The number of nitrogens with one attached hydrogen (secondary N) is 1. The Morgan fingerprint density at radius 1 is 1.17 bits per heavy atom. The Balaban J connectivity index is 1.41. The minimum Gasteiger partial charge on any atom is -0.489 e. The molecule has 1 saturated heterocycles. The minimum absolute atomic E-state index is 0.118. The summed E-state index contributed by atoms with van der Waals surface area (Å²) < 4.78 is 7.93. The van der Waals surface area contributed by atoms with E-state index in [1.54, 1.807) is 10.9 Å². The molecule has 1 unspecified atom stereocenters. The lowest BCUT2D eigenvalue weighted by Gasteiger charge is -2.19. The molecule has 180 valence electrons. The molecule has 1 N–H and O–H groups in total. The van der Waals surface area contributed by atoms with Gasteiger partial charge in [0.25, 0.3) is 5.91 Å². The van der Waals surface area contributed by atoms with Crippen LogP contribution in [0.5, 0.6) is 5.75 Å². The van der Waals surface area contributed by atoms with Crippen molar-refractivity contribution >= 4 is 16.8 Å². The van der Waals surface area contributed by atoms with Gasteiger partial charge >= 0.3 is 0 Å². The Morgan fingerprint density at radius 2 is 2.00 bits per heavy atom. The summed E-state index contributed by atoms with van der Waals surface area (Å²) in [5.41, 5.74) is 5.23. The van der Waals surface area contributed by atoms with Crippen molar-refractivity contribution in [2.75, 3.05) is 20.1 Å². The topological polar surface area (TPSA) is 72.3 Å². The van der Waals surface area contributed by atoms with Crippen LogP contribution in [0.3, 0.4) is 0 Å². The fourth-order valence-corrected chi connectivity index (χ4v) is 4.72. The van der Waals surface area contributed by atoms with Crippen LogP contribution in [0.1, 0.15) is 40.9 Å². The van der Waals surface area contributed by atoms with Crippen molar-refractivity contribution in [1.29, 1.82) is 0 Å². The molecule has 2 aromatic heterocycles. The summed E-state index contributed by atoms with van der Waals surface area (Å²) in [4.78, 5) is 20.5. The summed E-state index contributed by atoms with van der Waals surface area (Å²) in [6.07, 6.45) is 4.91. The van der Waals surface area contributed by atoms with Crippen molar-refractivity contribution < 1.29 is 9.53 Å². The van der Waals surface area contributed by atoms with E-state index in [1.807, 2.05) is 75.6 Å². The molecule has 7 nitrogen and oxygen atoms in total. The van der Waals surface area contributed by atoms with Crippen molar-refractivity contribution in [2.24, 2.45) is 7.05 Å². The maximum atomic E-state index is 13.4. The Kier molecular flexibility index (Phi) is 6.26. The molecule has 5 rings (SSSR count). The average Bonchev–Trinajstić information content (AvgIpc) is 3.47. The molecule has 0 spiro atoms. The first-order chi connectivity index (χ1) is 16.9. The van der Waals surface area contributed by atoms with Gasteiger partial charge in [0, 0.05) is 42.8 Å². The number of carbonyl (C=O) groups excluding carboxylic acids is 1. The summed E-state index contributed by atoms with van der Waals surface area (Å²) in [6, 6.07) is 15.6. The number of hydrogen-bond donors (Lipinski definition) is 1. The smallest absolute Gasteiger partial charge is 0.252 e. The molecular weight excluding hydrogens is 438 g/mol. The monoisotopic (exact) mass is 469 g/mol. The van der Waals surface area contributed by atoms with Gasteiger partial charge in [-0.3, -0.25) is 9.48 Å². The number of pyridine rings is 1. The van der Waals surface area contributed by atoms with Gasteiger partial charge < -0.3 is 15.0 Å². The zero-order valence-electron chi connectivity index (χ0n) is 20.7. The molecule has 0 bridgehead atoms. The number of hydrogen-bond acceptors (Lipinski definition) is 5. The lowest BCUT2D eigenvalue weighted by atomic mass is 9.99. The second-order valence-electron chi connectivity index (χ2n) is 9.48. The zero-order chi connectivity index (χ0) is 24.5. The number of benzene rings is 2. The molecule has 2 atom stereocenters. The molecule has 1 aliphatic heterocycles. The molecule has 7 heteroatoms. The Hall–Kier alpha value is -3.71. The van der Waals surface area contributed by atoms with Gasteiger partial charge in [-0.1, -0.05) is 24.3 Å². The number of likely N-dealkylation sites (N-methyl/N-ethyl adjacent to an activating group) is 1. The van der Waals surface area contributed by atoms with Crippen molar-refractivity contribution in [3.05, 3.63) is 77.6 Å². The quantitative estimate of drug-likeness (QED) is 0.450. The third-order valence-electron chi connectivity index (χ3n) is 6.67. The van der Waals surface area contributed by atoms with Crippen LogP contribution in [0.4, 0.5) is 0 Å². The van der Waals surface area contributed by atoms with Gasteiger partial charge in [0.05, 0.1) is 23.4 Å². The molecule has 35 heavy (non-hydrogen) atoms. The average molecular weight is 470 g/mol. The molecule has 3 heterocycles. The van der Waals surface area contributed by atoms with Gasteiger partial charge in [0.2, 0.25) is 0 Å². The number of aromatic nitrogens is 3. The lowest BCUT2D eigenvalue weighted by molar-refractivity contribution is 0.0938. The second kappa shape index (κ2) is 9.50. The largest absolute Gasteiger partial charge is 0.489 e. The number of aryl methyl sites for hydroxylation is 2. The molecule has 0 saturated carbocycles. The Morgan fingerprint density at radius 3 is 2.74 bits per heavy atom. The van der Waals surface area contributed by atoms with Gasteiger partial charge in [0.15, 0.2) is 0 Å². The standard InChI is InChI=1S/C28H31N5O2/c1-18-9-10-21(35-22-11-12-32(3)17-22)13-24(18)28(34)30-19(2)25-14-27(20-15-29-33(4)16-20)31-26-8-6-5-7-23(25)26/h5-10,13-16,19,22H,11-12,17H2,1-4H3,(H,30,34)/t19-,22?/m1/s1. The number of amides is 1. The van der Waals surface area contributed by atoms with Crippen LogP contribution in [0.15, 0.2) is 60.9 Å². The van der Waals surface area contributed by atoms with E-state index in [9.17, 15) is 4.79 Å². The third kappa shape index (κ3) is 4.91. The predicted molar refractivity (Wildman–Crippen MR) is 138 cm³/mol. The SMILES string of the molecule is Cc1ccc(OC2CCN(C)C2)cc1C(=O)N[C@H](C)c1cc(-c2cnn(C)c2)nc2ccccc12. The van der Waals surface area contributed by atoms with E-state index in [0.717, 1.165) is 58.5 Å². The van der Waals surface area contributed by atoms with Crippen LogP contribution >= 0.6 is 0 Å². The Labute approximate surface area is 205 Å². The number of para-hydroxylation sites is 1. The van der Waals surface area contributed by atoms with Crippen molar-refractivity contribution in [3.8, 4) is 17.0 Å². The van der Waals surface area contributed by atoms with Crippen LogP contribution in [-0.4, -0.2) is 51.8 Å². The fraction of sp³-hybridized carbons (Fsp3) is 0.321. The first kappa shape index (κ1) is 23.1. The third-order valence-corrected chi connectivity index (χ3v) is 6.67. The maximum absolute atomic E-state index is 13.4. The number of carbonyl (C=O) groups is 1. The van der Waals surface area contributed by atoms with Gasteiger partial charge in [-0.15, -0.1) is 0 Å². The molecule has 1 amide bonds. The van der Waals surface area contributed by atoms with E-state index in [4.69, 9.17) is 9.72 Å². The van der Waals surface area contributed by atoms with Crippen molar-refractivity contribution in [3.63, 3.8) is 0 Å². The fourth-order valence-electron chi connectivity index (χ4n) is 4.72. The predicted octanol–water partition coefficient (Wildman–Crippen LogP) is 4.52. The number of fused-ring (bicyclic) bond motifs is 1. The maximum Gasteiger partial charge on any atom is 0.252 e. The molecule has 0 radical (unpaired) electrons. The molecule has 2 aromatic carbocycles. The van der Waals surface area contributed by atoms with Crippen LogP contribution in [0.2, 0.25) is 0 Å². The van der Waals surface area contributed by atoms with E-state index < -0.39 is 0 Å². The van der Waals surface area contributed by atoms with E-state index in [0.29, 0.717) is 5.56 Å². The minimum atomic E-state index is -0.224. The van der Waals surface area contributed by atoms with E-state index in [1.165, 1.54) is 0 Å². The normalized spacial score (nSPS) is 17.0. The summed E-state index contributed by atoms with van der Waals surface area (Å²) in [5.74, 6) is 0.620. The van der Waals surface area contributed by atoms with Gasteiger partial charge in [0.1, 0.15) is 11.9 Å². The van der Waals surface area contributed by atoms with E-state index in [2.05, 4.69) is 22.4 Å². The van der Waals surface area contributed by atoms with Gasteiger partial charge in [-0.2, -0.15) is 5.10 Å². The van der Waals surface area contributed by atoms with Crippen LogP contribution in [0, 0.1) is 6.92 Å². The highest BCUT2D eigenvalue weighted by Crippen LogP contribution is 2.29. The summed E-state index contributed by atoms with van der Waals surface area (Å²) in [6.45, 7) is 5.90. The number of rotatable bonds is 6. The van der Waals surface area contributed by atoms with Crippen LogP contribution in [-0.2, 0) is 7.05 Å². The second-order valence-corrected chi connectivity index (χ2v) is 9.48. The number of ether oxygens (including phenoxy) is 1. The van der Waals surface area contributed by atoms with Crippen molar-refractivity contribution in [2.45, 2.75) is 32.4 Å². The number of nitrogens with zero attached hydrogens (tertiary/aromatic N) is 4. The Bertz CT molecular complexity index is 1380. The summed E-state index contributed by atoms with van der Waals surface area (Å²) in [5, 5.41) is 8.51. The van der Waals surface area contributed by atoms with Crippen LogP contribution < -0.4 is 10.1 Å². The number of likely N-dealkylation sites (tertiary alicyclic amines) is 1. The summed E-state index contributed by atoms with van der Waals surface area (Å²) in [7, 11) is 3.99. The van der Waals surface area contributed by atoms with Gasteiger partial charge in [-0.05, 0) is 62.7 Å². The highest BCUT2D eigenvalue weighted by atomic mass is 16.5. The molecule has 4 aromatic rings. The van der Waals surface area contributed by atoms with E-state index >= 15 is 0 Å². The molecule has 1 aliphatic rings. The first-order valence-electron chi connectivity index (χ1n) is 12.0. The highest BCUT2D eigenvalue weighted by Gasteiger charge is 2.22. The lowest BCUT2D eigenvalue weighted by Crippen LogP contribution is -2.28. The summed E-state index contributed by atoms with van der Waals surface area (Å²) >= 11 is 0. The van der Waals surface area contributed by atoms with Gasteiger partial charge in [-0.25, -0.2) is 4.98 Å². The zero-order valence-corrected chi connectivity index (χ0v) is 20.7. The highest BCUT2D eigenvalue weighted by molar-refractivity contribution is 5.96. The first-order valence-corrected chi connectivity index (χ1v) is 12.0. The van der Waals surface area contributed by atoms with Crippen LogP contribution in [0.25, 0.3) is 22.2 Å². The van der Waals surface area contributed by atoms with Crippen molar-refractivity contribution in [1.82, 2.24) is 25.0 Å². The molecule has 1 fully saturated rings.